The van der Waals surface area contributed by atoms with Gasteiger partial charge >= 0.3 is 7.82 Å². The highest BCUT2D eigenvalue weighted by molar-refractivity contribution is 7.81. The first kappa shape index (κ1) is 17.4. The molecule has 4 atom stereocenters. The van der Waals surface area contributed by atoms with Gasteiger partial charge in [-0.15, -0.1) is 0 Å². The van der Waals surface area contributed by atoms with Crippen LogP contribution in [0.1, 0.15) is 6.23 Å². The lowest BCUT2D eigenvalue weighted by Gasteiger charge is -2.20. The molecule has 0 aromatic carbocycles. The van der Waals surface area contributed by atoms with Gasteiger partial charge in [0.1, 0.15) is 12.2 Å². The van der Waals surface area contributed by atoms with Crippen LogP contribution in [0.5, 0.6) is 0 Å². The lowest BCUT2D eigenvalue weighted by atomic mass is 10.2. The van der Waals surface area contributed by atoms with Crippen molar-refractivity contribution in [1.29, 1.82) is 0 Å². The minimum absolute atomic E-state index is 0.00763. The van der Waals surface area contributed by atoms with E-state index >= 15 is 0 Å². The van der Waals surface area contributed by atoms with Crippen LogP contribution in [0.2, 0.25) is 0 Å². The molecule has 1 aliphatic heterocycles. The number of aliphatic hydroxyl groups is 1. The van der Waals surface area contributed by atoms with E-state index < -0.39 is 43.7 Å². The van der Waals surface area contributed by atoms with Crippen molar-refractivity contribution in [2.24, 2.45) is 0 Å². The van der Waals surface area contributed by atoms with Crippen LogP contribution < -0.4 is 11.3 Å². The van der Waals surface area contributed by atoms with Crippen molar-refractivity contribution in [3.8, 4) is 0 Å². The zero-order chi connectivity index (χ0) is 17.6. The Morgan fingerprint density at radius 2 is 2.25 bits per heavy atom. The van der Waals surface area contributed by atoms with E-state index in [9.17, 15) is 14.5 Å². The van der Waals surface area contributed by atoms with Crippen LogP contribution in [-0.4, -0.2) is 58.5 Å². The molecular weight excluding hydrogens is 365 g/mol. The molecule has 0 unspecified atom stereocenters. The number of nitrogens with one attached hydrogen (secondary N) is 1. The maximum Gasteiger partial charge on any atom is 0.469 e. The Labute approximate surface area is 139 Å². The maximum absolute atomic E-state index is 11.8. The minimum atomic E-state index is -4.83. The molecule has 1 saturated heterocycles. The zero-order valence-corrected chi connectivity index (χ0v) is 13.7. The zero-order valence-electron chi connectivity index (χ0n) is 11.9. The number of anilines is 1. The number of hydrogen-bond donors (Lipinski definition) is 6. The summed E-state index contributed by atoms with van der Waals surface area (Å²) in [5.74, 6) is -0.135. The fraction of sp³-hybridized carbons (Fsp3) is 0.500. The molecule has 24 heavy (non-hydrogen) atoms. The Morgan fingerprint density at radius 3 is 2.88 bits per heavy atom. The number of hydrogen-bond acceptors (Lipinski definition) is 9. The summed E-state index contributed by atoms with van der Waals surface area (Å²) in [5.41, 5.74) is 5.08. The highest BCUT2D eigenvalue weighted by Gasteiger charge is 2.47. The standard InChI is InChI=1S/C10H14N5O7PS/c11-10-13-7-4(8(17)14-10)12-2-15(7)9-6(24)5(3(1-16)21-9)22-23(18,19)20/h2-3,5-6,9,16,24H,1H2,(H2,18,19,20)(H3,11,13,14,17)/t3-,5-,6-,9-/m1/s1. The van der Waals surface area contributed by atoms with Crippen LogP contribution in [0.15, 0.2) is 11.1 Å². The van der Waals surface area contributed by atoms with Crippen LogP contribution >= 0.6 is 20.5 Å². The summed E-state index contributed by atoms with van der Waals surface area (Å²) in [4.78, 5) is 40.0. The maximum atomic E-state index is 11.8. The molecule has 0 spiro atoms. The molecule has 0 amide bonds. The summed E-state index contributed by atoms with van der Waals surface area (Å²) >= 11 is 4.27. The number of fused-ring (bicyclic) bond motifs is 1. The predicted octanol–water partition coefficient (Wildman–Crippen LogP) is -1.63. The van der Waals surface area contributed by atoms with Gasteiger partial charge in [0.05, 0.1) is 18.2 Å². The Morgan fingerprint density at radius 1 is 1.54 bits per heavy atom. The number of nitrogens with zero attached hydrogens (tertiary/aromatic N) is 3. The number of phosphoric acid groups is 1. The van der Waals surface area contributed by atoms with Gasteiger partial charge in [-0.25, -0.2) is 9.55 Å². The quantitative estimate of drug-likeness (QED) is 0.266. The van der Waals surface area contributed by atoms with E-state index in [2.05, 4.69) is 32.1 Å². The van der Waals surface area contributed by atoms with Gasteiger partial charge in [-0.2, -0.15) is 17.6 Å². The molecule has 0 aliphatic carbocycles. The first-order valence-corrected chi connectivity index (χ1v) is 8.66. The number of imidazole rings is 1. The first-order valence-electron chi connectivity index (χ1n) is 6.62. The van der Waals surface area contributed by atoms with Gasteiger partial charge in [-0.1, -0.05) is 0 Å². The van der Waals surface area contributed by atoms with Crippen LogP contribution in [0.3, 0.4) is 0 Å². The van der Waals surface area contributed by atoms with Crippen molar-refractivity contribution in [3.63, 3.8) is 0 Å². The van der Waals surface area contributed by atoms with Crippen molar-refractivity contribution < 1.29 is 28.7 Å². The normalized spacial score (nSPS) is 27.8. The molecule has 3 rings (SSSR count). The van der Waals surface area contributed by atoms with Crippen molar-refractivity contribution in [3.05, 3.63) is 16.7 Å². The highest BCUT2D eigenvalue weighted by atomic mass is 32.1. The number of aromatic amines is 1. The molecule has 132 valence electrons. The molecule has 6 N–H and O–H groups in total. The van der Waals surface area contributed by atoms with Crippen LogP contribution in [0, 0.1) is 0 Å². The summed E-state index contributed by atoms with van der Waals surface area (Å²) < 4.78 is 22.6. The number of nitrogen functional groups attached to an aromatic ring is 1. The van der Waals surface area contributed by atoms with Gasteiger partial charge < -0.3 is 25.4 Å². The fourth-order valence-corrected chi connectivity index (χ4v) is 3.66. The van der Waals surface area contributed by atoms with Crippen LogP contribution in [-0.2, 0) is 13.8 Å². The number of rotatable bonds is 4. The lowest BCUT2D eigenvalue weighted by Crippen LogP contribution is -2.32. The average molecular weight is 379 g/mol. The lowest BCUT2D eigenvalue weighted by molar-refractivity contribution is -0.0423. The van der Waals surface area contributed by atoms with Gasteiger partial charge in [0.15, 0.2) is 17.4 Å². The van der Waals surface area contributed by atoms with Crippen LogP contribution in [0.4, 0.5) is 5.95 Å². The van der Waals surface area contributed by atoms with E-state index in [0.717, 1.165) is 0 Å². The molecular formula is C10H14N5O7PS. The number of nitrogens with two attached hydrogens (primary N) is 1. The molecule has 0 radical (unpaired) electrons. The van der Waals surface area contributed by atoms with Crippen molar-refractivity contribution in [2.45, 2.75) is 23.7 Å². The average Bonchev–Trinajstić information content (AvgIpc) is 3.00. The predicted molar refractivity (Wildman–Crippen MR) is 83.2 cm³/mol. The van der Waals surface area contributed by atoms with Gasteiger partial charge in [0, 0.05) is 0 Å². The molecule has 2 aromatic rings. The number of thiol groups is 1. The van der Waals surface area contributed by atoms with E-state index in [-0.39, 0.29) is 17.1 Å². The Balaban J connectivity index is 2.01. The number of phosphoric ester groups is 1. The number of ether oxygens (including phenoxy) is 1. The summed E-state index contributed by atoms with van der Waals surface area (Å²) in [5, 5.41) is 8.48. The van der Waals surface area contributed by atoms with E-state index in [1.165, 1.54) is 10.9 Å². The number of H-pyrrole nitrogens is 1. The molecule has 2 aromatic heterocycles. The molecule has 0 bridgehead atoms. The van der Waals surface area contributed by atoms with E-state index in [1.807, 2.05) is 0 Å². The second kappa shape index (κ2) is 6.11. The third-order valence-electron chi connectivity index (χ3n) is 3.47. The minimum Gasteiger partial charge on any atom is -0.394 e. The number of aliphatic hydroxyl groups excluding tert-OH is 1. The molecule has 1 fully saturated rings. The largest absolute Gasteiger partial charge is 0.469 e. The van der Waals surface area contributed by atoms with E-state index in [4.69, 9.17) is 20.3 Å². The number of aromatic nitrogens is 4. The van der Waals surface area contributed by atoms with Crippen LogP contribution in [0.25, 0.3) is 11.2 Å². The summed E-state index contributed by atoms with van der Waals surface area (Å²) in [7, 11) is -4.83. The molecule has 14 heteroatoms. The molecule has 0 saturated carbocycles. The van der Waals surface area contributed by atoms with Gasteiger partial charge in [0.25, 0.3) is 5.56 Å². The summed E-state index contributed by atoms with van der Waals surface area (Å²) in [6.45, 7) is -0.555. The van der Waals surface area contributed by atoms with E-state index in [1.54, 1.807) is 0 Å². The highest BCUT2D eigenvalue weighted by Crippen LogP contribution is 2.45. The fourth-order valence-electron chi connectivity index (χ4n) is 2.51. The van der Waals surface area contributed by atoms with Gasteiger partial charge in [0.2, 0.25) is 5.95 Å². The molecule has 1 aliphatic rings. The molecule has 3 heterocycles. The van der Waals surface area contributed by atoms with Crippen molar-refractivity contribution in [1.82, 2.24) is 19.5 Å². The summed E-state index contributed by atoms with van der Waals surface area (Å²) in [6.07, 6.45) is -1.92. The smallest absolute Gasteiger partial charge is 0.394 e. The summed E-state index contributed by atoms with van der Waals surface area (Å²) in [6, 6.07) is 0. The second-order valence-corrected chi connectivity index (χ2v) is 6.86. The van der Waals surface area contributed by atoms with Crippen molar-refractivity contribution >= 4 is 37.6 Å². The topological polar surface area (TPSA) is 186 Å². The SMILES string of the molecule is Nc1nc2c(ncn2[C@@H]2O[C@H](CO)[C@@H](OP(=O)(O)O)[C@H]2S)c(=O)[nH]1. The third-order valence-corrected chi connectivity index (χ3v) is 4.54. The molecule has 12 nitrogen and oxygen atoms in total. The van der Waals surface area contributed by atoms with Gasteiger partial charge in [-0.05, 0) is 0 Å². The third kappa shape index (κ3) is 3.07. The monoisotopic (exact) mass is 379 g/mol. The Bertz CT molecular complexity index is 865. The van der Waals surface area contributed by atoms with Crippen molar-refractivity contribution in [2.75, 3.05) is 12.3 Å². The van der Waals surface area contributed by atoms with Gasteiger partial charge in [-0.3, -0.25) is 18.9 Å². The second-order valence-electron chi connectivity index (χ2n) is 5.07. The Hall–Kier alpha value is -1.47. The first-order chi connectivity index (χ1) is 11.2. The van der Waals surface area contributed by atoms with E-state index in [0.29, 0.717) is 0 Å². The Kier molecular flexibility index (Phi) is 4.42.